The molecule has 0 saturated heterocycles. The summed E-state index contributed by atoms with van der Waals surface area (Å²) in [7, 11) is 0. The number of carbonyl (C=O) groups is 1. The smallest absolute Gasteiger partial charge is 0.249 e. The molecule has 1 amide bonds. The van der Waals surface area contributed by atoms with Crippen molar-refractivity contribution in [1.29, 1.82) is 0 Å². The lowest BCUT2D eigenvalue weighted by atomic mass is 10.1. The van der Waals surface area contributed by atoms with Crippen LogP contribution < -0.4 is 5.73 Å². The van der Waals surface area contributed by atoms with Crippen molar-refractivity contribution in [3.63, 3.8) is 0 Å². The monoisotopic (exact) mass is 339 g/mol. The van der Waals surface area contributed by atoms with Crippen LogP contribution in [0.4, 0.5) is 0 Å². The van der Waals surface area contributed by atoms with Crippen LogP contribution in [0, 0.1) is 10.5 Å². The number of amides is 1. The van der Waals surface area contributed by atoms with Crippen LogP contribution in [0.3, 0.4) is 0 Å². The summed E-state index contributed by atoms with van der Waals surface area (Å²) in [5, 5.41) is 0. The highest BCUT2D eigenvalue weighted by Crippen LogP contribution is 2.24. The molecule has 0 fully saturated rings. The number of hydrogen-bond donors (Lipinski definition) is 1. The summed E-state index contributed by atoms with van der Waals surface area (Å²) in [5.74, 6) is -0.385. The van der Waals surface area contributed by atoms with Crippen LogP contribution in [0.5, 0.6) is 0 Å². The van der Waals surface area contributed by atoms with Gasteiger partial charge in [-0.1, -0.05) is 0 Å². The number of primary amides is 1. The maximum absolute atomic E-state index is 10.9. The van der Waals surface area contributed by atoms with E-state index in [0.717, 1.165) is 13.6 Å². The summed E-state index contributed by atoms with van der Waals surface area (Å²) in [6, 6.07) is 3.74. The van der Waals surface area contributed by atoms with Crippen molar-refractivity contribution in [2.75, 3.05) is 0 Å². The second-order valence-corrected chi connectivity index (χ2v) is 4.41. The molecule has 0 unspecified atom stereocenters. The maximum atomic E-state index is 10.9. The summed E-state index contributed by atoms with van der Waals surface area (Å²) in [6.07, 6.45) is 0. The quantitative estimate of drug-likeness (QED) is 0.785. The Labute approximate surface area is 92.8 Å². The number of carbonyl (C=O) groups excluding carboxylic acids is 1. The second-order valence-electron chi connectivity index (χ2n) is 2.47. The van der Waals surface area contributed by atoms with Crippen molar-refractivity contribution in [2.24, 2.45) is 5.73 Å². The minimum atomic E-state index is -0.385. The van der Waals surface area contributed by atoms with Gasteiger partial charge in [0.05, 0.1) is 5.56 Å². The Kier molecular flexibility index (Phi) is 3.11. The molecule has 2 N–H and O–H groups in total. The van der Waals surface area contributed by atoms with Gasteiger partial charge >= 0.3 is 0 Å². The molecular weight excluding hydrogens is 333 g/mol. The van der Waals surface area contributed by atoms with E-state index in [0.29, 0.717) is 5.56 Å². The highest BCUT2D eigenvalue weighted by Gasteiger charge is 2.09. The molecule has 64 valence electrons. The number of hydrogen-bond acceptors (Lipinski definition) is 1. The molecule has 0 bridgehead atoms. The van der Waals surface area contributed by atoms with E-state index in [9.17, 15) is 4.79 Å². The molecule has 0 aliphatic heterocycles. The van der Waals surface area contributed by atoms with Crippen molar-refractivity contribution in [1.82, 2.24) is 0 Å². The fraction of sp³-hybridized carbons (Fsp3) is 0.125. The molecule has 2 nitrogen and oxygen atoms in total. The average molecular weight is 340 g/mol. The first kappa shape index (κ1) is 9.98. The Hall–Kier alpha value is -0.100. The highest BCUT2D eigenvalue weighted by molar-refractivity contribution is 14.1. The van der Waals surface area contributed by atoms with E-state index in [1.807, 2.05) is 13.0 Å². The van der Waals surface area contributed by atoms with Gasteiger partial charge in [-0.15, -0.1) is 0 Å². The molecule has 0 atom stereocenters. The first-order chi connectivity index (χ1) is 5.52. The molecule has 1 rings (SSSR count). The number of halogens is 2. The molecule has 0 saturated carbocycles. The Balaban J connectivity index is 3.37. The second kappa shape index (κ2) is 3.74. The van der Waals surface area contributed by atoms with Gasteiger partial charge in [-0.2, -0.15) is 0 Å². The van der Waals surface area contributed by atoms with E-state index in [1.165, 1.54) is 0 Å². The number of rotatable bonds is 1. The van der Waals surface area contributed by atoms with Crippen molar-refractivity contribution in [3.05, 3.63) is 31.3 Å². The average Bonchev–Trinajstić information content (AvgIpc) is 1.96. The molecular formula is C8H7BrINO. The van der Waals surface area contributed by atoms with E-state index in [2.05, 4.69) is 38.5 Å². The minimum Gasteiger partial charge on any atom is -0.366 e. The summed E-state index contributed by atoms with van der Waals surface area (Å²) in [5.41, 5.74) is 6.78. The number of nitrogens with two attached hydrogens (primary N) is 1. The summed E-state index contributed by atoms with van der Waals surface area (Å²) < 4.78 is 1.78. The topological polar surface area (TPSA) is 43.1 Å². The van der Waals surface area contributed by atoms with Crippen molar-refractivity contribution in [3.8, 4) is 0 Å². The predicted molar refractivity (Wildman–Crippen MR) is 60.1 cm³/mol. The van der Waals surface area contributed by atoms with E-state index < -0.39 is 0 Å². The van der Waals surface area contributed by atoms with E-state index >= 15 is 0 Å². The highest BCUT2D eigenvalue weighted by atomic mass is 127. The zero-order valence-corrected chi connectivity index (χ0v) is 10.1. The van der Waals surface area contributed by atoms with Gasteiger partial charge in [0.1, 0.15) is 0 Å². The maximum Gasteiger partial charge on any atom is 0.249 e. The third-order valence-electron chi connectivity index (χ3n) is 1.44. The zero-order valence-electron chi connectivity index (χ0n) is 6.40. The first-order valence-electron chi connectivity index (χ1n) is 3.28. The third kappa shape index (κ3) is 1.98. The van der Waals surface area contributed by atoms with Gasteiger partial charge in [0.15, 0.2) is 0 Å². The molecule has 12 heavy (non-hydrogen) atoms. The van der Waals surface area contributed by atoms with Crippen LogP contribution >= 0.6 is 38.5 Å². The van der Waals surface area contributed by atoms with Crippen LogP contribution in [0.15, 0.2) is 16.6 Å². The lowest BCUT2D eigenvalue weighted by Crippen LogP contribution is -2.13. The number of benzene rings is 1. The van der Waals surface area contributed by atoms with Crippen LogP contribution in [0.25, 0.3) is 0 Å². The van der Waals surface area contributed by atoms with Crippen molar-refractivity contribution >= 4 is 44.4 Å². The van der Waals surface area contributed by atoms with Gasteiger partial charge in [0.25, 0.3) is 0 Å². The Morgan fingerprint density at radius 3 is 2.67 bits per heavy atom. The van der Waals surface area contributed by atoms with Crippen LogP contribution in [0.2, 0.25) is 0 Å². The largest absolute Gasteiger partial charge is 0.366 e. The van der Waals surface area contributed by atoms with E-state index in [-0.39, 0.29) is 5.91 Å². The lowest BCUT2D eigenvalue weighted by molar-refractivity contribution is 0.0999. The summed E-state index contributed by atoms with van der Waals surface area (Å²) >= 11 is 5.44. The first-order valence-corrected chi connectivity index (χ1v) is 5.15. The molecule has 0 aliphatic rings. The van der Waals surface area contributed by atoms with Crippen molar-refractivity contribution in [2.45, 2.75) is 6.92 Å². The van der Waals surface area contributed by atoms with Gasteiger partial charge in [-0.05, 0) is 63.1 Å². The number of aryl methyl sites for hydroxylation is 1. The van der Waals surface area contributed by atoms with Gasteiger partial charge in [0.2, 0.25) is 5.91 Å². The van der Waals surface area contributed by atoms with Gasteiger partial charge in [-0.3, -0.25) is 4.79 Å². The molecule has 0 radical (unpaired) electrons. The van der Waals surface area contributed by atoms with Gasteiger partial charge in [-0.25, -0.2) is 0 Å². The van der Waals surface area contributed by atoms with Crippen LogP contribution in [-0.4, -0.2) is 5.91 Å². The van der Waals surface area contributed by atoms with Crippen LogP contribution in [0.1, 0.15) is 15.9 Å². The van der Waals surface area contributed by atoms with Crippen molar-refractivity contribution < 1.29 is 4.79 Å². The SMILES string of the molecule is Cc1cc(Br)c(I)c(C(N)=O)c1. The molecule has 0 spiro atoms. The molecule has 0 heterocycles. The minimum absolute atomic E-state index is 0.385. The lowest BCUT2D eigenvalue weighted by Gasteiger charge is -2.03. The van der Waals surface area contributed by atoms with Gasteiger partial charge < -0.3 is 5.73 Å². The molecule has 0 aliphatic carbocycles. The van der Waals surface area contributed by atoms with Gasteiger partial charge in [0, 0.05) is 8.04 Å². The molecule has 1 aromatic rings. The molecule has 1 aromatic carbocycles. The standard InChI is InChI=1S/C8H7BrINO/c1-4-2-5(8(11)12)7(10)6(9)3-4/h2-3H,1H3,(H2,11,12). The van der Waals surface area contributed by atoms with E-state index in [1.54, 1.807) is 6.07 Å². The Bertz CT molecular complexity index is 338. The Morgan fingerprint density at radius 2 is 2.17 bits per heavy atom. The molecule has 4 heteroatoms. The molecule has 0 aromatic heterocycles. The van der Waals surface area contributed by atoms with E-state index in [4.69, 9.17) is 5.73 Å². The fourth-order valence-electron chi connectivity index (χ4n) is 0.904. The Morgan fingerprint density at radius 1 is 1.58 bits per heavy atom. The zero-order chi connectivity index (χ0) is 9.30. The fourth-order valence-corrected chi connectivity index (χ4v) is 2.06. The predicted octanol–water partition coefficient (Wildman–Crippen LogP) is 2.46. The third-order valence-corrected chi connectivity index (χ3v) is 3.97. The normalized spacial score (nSPS) is 9.92. The van der Waals surface area contributed by atoms with Crippen LogP contribution in [-0.2, 0) is 0 Å². The summed E-state index contributed by atoms with van der Waals surface area (Å²) in [4.78, 5) is 10.9. The summed E-state index contributed by atoms with van der Waals surface area (Å²) in [6.45, 7) is 1.92.